The van der Waals surface area contributed by atoms with Crippen LogP contribution in [-0.4, -0.2) is 19.8 Å². The summed E-state index contributed by atoms with van der Waals surface area (Å²) >= 11 is 0. The van der Waals surface area contributed by atoms with Gasteiger partial charge in [-0.1, -0.05) is 33.5 Å². The van der Waals surface area contributed by atoms with Gasteiger partial charge in [0.05, 0.1) is 0 Å². The number of rotatable bonds is 3. The van der Waals surface area contributed by atoms with Crippen molar-refractivity contribution in [1.29, 1.82) is 0 Å². The molecule has 0 spiro atoms. The lowest BCUT2D eigenvalue weighted by molar-refractivity contribution is 0.215. The molecule has 0 aromatic rings. The summed E-state index contributed by atoms with van der Waals surface area (Å²) in [4.78, 5) is 0. The molecule has 1 nitrogen and oxygen atoms in total. The number of aliphatic hydroxyl groups excluding tert-OH is 1. The minimum atomic E-state index is -1.20. The lowest BCUT2D eigenvalue weighted by atomic mass is 9.86. The van der Waals surface area contributed by atoms with Crippen LogP contribution in [0.25, 0.3) is 0 Å². The van der Waals surface area contributed by atoms with Crippen molar-refractivity contribution in [3.05, 3.63) is 0 Å². The smallest absolute Gasteiger partial charge is 0.129 e. The van der Waals surface area contributed by atoms with Gasteiger partial charge >= 0.3 is 0 Å². The van der Waals surface area contributed by atoms with Crippen LogP contribution in [0, 0.1) is 16.9 Å². The van der Waals surface area contributed by atoms with E-state index in [1.165, 1.54) is 0 Å². The SMILES string of the molecule is CC(C)(CC#C[Si](C)(C)C)CCO. The number of hydrogen-bond acceptors (Lipinski definition) is 1. The van der Waals surface area contributed by atoms with Crippen molar-refractivity contribution < 1.29 is 5.11 Å². The van der Waals surface area contributed by atoms with Crippen LogP contribution in [-0.2, 0) is 0 Å². The average molecular weight is 198 g/mol. The van der Waals surface area contributed by atoms with Crippen molar-refractivity contribution >= 4 is 8.07 Å². The first-order valence-electron chi connectivity index (χ1n) is 4.88. The molecule has 0 unspecified atom stereocenters. The molecule has 0 amide bonds. The molecule has 13 heavy (non-hydrogen) atoms. The van der Waals surface area contributed by atoms with Crippen LogP contribution in [0.1, 0.15) is 26.7 Å². The molecule has 0 aliphatic carbocycles. The topological polar surface area (TPSA) is 20.2 Å². The van der Waals surface area contributed by atoms with Crippen molar-refractivity contribution in [3.63, 3.8) is 0 Å². The molecule has 0 atom stereocenters. The maximum Gasteiger partial charge on any atom is 0.129 e. The van der Waals surface area contributed by atoms with Crippen molar-refractivity contribution in [1.82, 2.24) is 0 Å². The van der Waals surface area contributed by atoms with Gasteiger partial charge < -0.3 is 5.11 Å². The zero-order chi connectivity index (χ0) is 10.5. The molecule has 2 heteroatoms. The van der Waals surface area contributed by atoms with Gasteiger partial charge in [-0.05, 0) is 11.8 Å². The Kier molecular flexibility index (Phi) is 4.73. The fraction of sp³-hybridized carbons (Fsp3) is 0.818. The Hall–Kier alpha value is -0.263. The fourth-order valence-electron chi connectivity index (χ4n) is 0.940. The van der Waals surface area contributed by atoms with E-state index in [0.29, 0.717) is 0 Å². The summed E-state index contributed by atoms with van der Waals surface area (Å²) in [5.74, 6) is 3.25. The lowest BCUT2D eigenvalue weighted by Crippen LogP contribution is -2.17. The molecule has 0 heterocycles. The van der Waals surface area contributed by atoms with Crippen LogP contribution in [0.2, 0.25) is 19.6 Å². The average Bonchev–Trinajstić information content (AvgIpc) is 1.82. The van der Waals surface area contributed by atoms with Crippen molar-refractivity contribution in [2.24, 2.45) is 5.41 Å². The summed E-state index contributed by atoms with van der Waals surface area (Å²) in [6.45, 7) is 11.3. The first kappa shape index (κ1) is 12.7. The first-order valence-corrected chi connectivity index (χ1v) is 8.38. The molecule has 0 aliphatic heterocycles. The summed E-state index contributed by atoms with van der Waals surface area (Å²) in [6, 6.07) is 0. The van der Waals surface area contributed by atoms with E-state index < -0.39 is 8.07 Å². The van der Waals surface area contributed by atoms with Crippen molar-refractivity contribution in [2.45, 2.75) is 46.3 Å². The number of aliphatic hydroxyl groups is 1. The highest BCUT2D eigenvalue weighted by Gasteiger charge is 2.15. The van der Waals surface area contributed by atoms with Crippen LogP contribution in [0.15, 0.2) is 0 Å². The van der Waals surface area contributed by atoms with Crippen LogP contribution in [0.4, 0.5) is 0 Å². The van der Waals surface area contributed by atoms with Gasteiger partial charge in [-0.25, -0.2) is 0 Å². The summed E-state index contributed by atoms with van der Waals surface area (Å²) in [6.07, 6.45) is 1.74. The normalized spacial score (nSPS) is 12.2. The van der Waals surface area contributed by atoms with E-state index in [9.17, 15) is 0 Å². The minimum Gasteiger partial charge on any atom is -0.396 e. The molecule has 0 fully saturated rings. The molecule has 0 rings (SSSR count). The first-order chi connectivity index (χ1) is 5.77. The molecular formula is C11H22OSi. The van der Waals surface area contributed by atoms with E-state index in [2.05, 4.69) is 45.0 Å². The zero-order valence-electron chi connectivity index (χ0n) is 9.57. The van der Waals surface area contributed by atoms with Gasteiger partial charge in [0.15, 0.2) is 0 Å². The highest BCUT2D eigenvalue weighted by molar-refractivity contribution is 6.83. The highest BCUT2D eigenvalue weighted by Crippen LogP contribution is 2.23. The third-order valence-corrected chi connectivity index (χ3v) is 2.75. The number of hydrogen-bond donors (Lipinski definition) is 1. The molecule has 0 aromatic heterocycles. The summed E-state index contributed by atoms with van der Waals surface area (Å²) < 4.78 is 0. The molecular weight excluding hydrogens is 176 g/mol. The Morgan fingerprint density at radius 1 is 1.23 bits per heavy atom. The molecule has 1 N–H and O–H groups in total. The van der Waals surface area contributed by atoms with E-state index >= 15 is 0 Å². The van der Waals surface area contributed by atoms with Gasteiger partial charge in [0, 0.05) is 13.0 Å². The van der Waals surface area contributed by atoms with Gasteiger partial charge in [-0.2, -0.15) is 0 Å². The quantitative estimate of drug-likeness (QED) is 0.546. The second-order valence-electron chi connectivity index (χ2n) is 5.37. The predicted molar refractivity (Wildman–Crippen MR) is 61.2 cm³/mol. The Morgan fingerprint density at radius 3 is 2.15 bits per heavy atom. The Bertz CT molecular complexity index is 202. The highest BCUT2D eigenvalue weighted by atomic mass is 28.3. The van der Waals surface area contributed by atoms with E-state index in [1.54, 1.807) is 0 Å². The lowest BCUT2D eigenvalue weighted by Gasteiger charge is -2.20. The summed E-state index contributed by atoms with van der Waals surface area (Å²) in [5.41, 5.74) is 3.51. The van der Waals surface area contributed by atoms with Gasteiger partial charge in [0.25, 0.3) is 0 Å². The Labute approximate surface area is 83.6 Å². The van der Waals surface area contributed by atoms with E-state index in [-0.39, 0.29) is 12.0 Å². The zero-order valence-corrected chi connectivity index (χ0v) is 10.6. The predicted octanol–water partition coefficient (Wildman–Crippen LogP) is 2.67. The standard InChI is InChI=1S/C11H22OSi/c1-11(2,8-9-12)7-6-10-13(3,4)5/h12H,7-9H2,1-5H3. The van der Waals surface area contributed by atoms with Gasteiger partial charge in [-0.3, -0.25) is 0 Å². The molecule has 76 valence electrons. The molecule has 0 saturated heterocycles. The molecule has 0 radical (unpaired) electrons. The van der Waals surface area contributed by atoms with Crippen LogP contribution in [0.5, 0.6) is 0 Å². The maximum absolute atomic E-state index is 8.82. The van der Waals surface area contributed by atoms with Crippen molar-refractivity contribution in [3.8, 4) is 11.5 Å². The minimum absolute atomic E-state index is 0.168. The molecule has 0 aliphatic rings. The van der Waals surface area contributed by atoms with Crippen LogP contribution < -0.4 is 0 Å². The van der Waals surface area contributed by atoms with Crippen LogP contribution in [0.3, 0.4) is 0 Å². The summed E-state index contributed by atoms with van der Waals surface area (Å²) in [5, 5.41) is 8.82. The molecule has 0 saturated carbocycles. The van der Waals surface area contributed by atoms with E-state index in [0.717, 1.165) is 12.8 Å². The largest absolute Gasteiger partial charge is 0.396 e. The third kappa shape index (κ3) is 8.08. The Morgan fingerprint density at radius 2 is 1.77 bits per heavy atom. The third-order valence-electron chi connectivity index (χ3n) is 1.82. The van der Waals surface area contributed by atoms with Gasteiger partial charge in [0.2, 0.25) is 0 Å². The van der Waals surface area contributed by atoms with Gasteiger partial charge in [0.1, 0.15) is 8.07 Å². The maximum atomic E-state index is 8.82. The molecule has 0 aromatic carbocycles. The Balaban J connectivity index is 4.05. The second kappa shape index (κ2) is 4.83. The second-order valence-corrected chi connectivity index (χ2v) is 10.1. The monoisotopic (exact) mass is 198 g/mol. The molecule has 0 bridgehead atoms. The van der Waals surface area contributed by atoms with Gasteiger partial charge in [-0.15, -0.1) is 11.5 Å². The van der Waals surface area contributed by atoms with Crippen LogP contribution >= 0.6 is 0 Å². The summed E-state index contributed by atoms with van der Waals surface area (Å²) in [7, 11) is -1.20. The van der Waals surface area contributed by atoms with E-state index in [1.807, 2.05) is 0 Å². The fourth-order valence-corrected chi connectivity index (χ4v) is 1.56. The van der Waals surface area contributed by atoms with E-state index in [4.69, 9.17) is 5.11 Å². The van der Waals surface area contributed by atoms with Crippen molar-refractivity contribution in [2.75, 3.05) is 6.61 Å².